The third-order valence-electron chi connectivity index (χ3n) is 2.77. The van der Waals surface area contributed by atoms with E-state index in [1.54, 1.807) is 45.0 Å². The topological polar surface area (TPSA) is 105 Å². The van der Waals surface area contributed by atoms with E-state index < -0.39 is 29.6 Å². The molecule has 0 radical (unpaired) electrons. The van der Waals surface area contributed by atoms with E-state index in [0.29, 0.717) is 5.56 Å². The van der Waals surface area contributed by atoms with Crippen LogP contribution in [0, 0.1) is 6.92 Å². The van der Waals surface area contributed by atoms with E-state index in [1.165, 1.54) is 0 Å². The molecule has 0 heterocycles. The highest BCUT2D eigenvalue weighted by atomic mass is 16.6. The van der Waals surface area contributed by atoms with Crippen molar-refractivity contribution in [2.45, 2.75) is 39.3 Å². The van der Waals surface area contributed by atoms with Crippen LogP contribution in [-0.2, 0) is 9.53 Å². The molecule has 0 aromatic heterocycles. The molecule has 0 saturated carbocycles. The molecule has 0 spiro atoms. The lowest BCUT2D eigenvalue weighted by atomic mass is 10.1. The molecule has 0 unspecified atom stereocenters. The van der Waals surface area contributed by atoms with Crippen LogP contribution in [0.5, 0.6) is 0 Å². The summed E-state index contributed by atoms with van der Waals surface area (Å²) in [5.74, 6) is -1.68. The molecule has 1 rings (SSSR count). The first-order valence-corrected chi connectivity index (χ1v) is 7.15. The average Bonchev–Trinajstić information content (AvgIpc) is 2.41. The molecule has 126 valence electrons. The van der Waals surface area contributed by atoms with E-state index in [0.717, 1.165) is 5.56 Å². The summed E-state index contributed by atoms with van der Waals surface area (Å²) in [4.78, 5) is 34.7. The van der Waals surface area contributed by atoms with E-state index >= 15 is 0 Å². The minimum atomic E-state index is -1.28. The SMILES string of the molecule is Cc1ccc(C(=O)NC[C@H](NC(=O)OC(C)(C)C)C(=O)O)cc1. The minimum absolute atomic E-state index is 0.249. The van der Waals surface area contributed by atoms with Gasteiger partial charge in [0.25, 0.3) is 5.91 Å². The first-order chi connectivity index (χ1) is 10.6. The standard InChI is InChI=1S/C16H22N2O5/c1-10-5-7-11(8-6-10)13(19)17-9-12(14(20)21)18-15(22)23-16(2,3)4/h5-8,12H,9H2,1-4H3,(H,17,19)(H,18,22)(H,20,21)/t12-/m0/s1. The lowest BCUT2D eigenvalue weighted by Gasteiger charge is -2.22. The Labute approximate surface area is 135 Å². The molecule has 7 heteroatoms. The maximum atomic E-state index is 11.9. The predicted octanol–water partition coefficient (Wildman–Crippen LogP) is 1.70. The first kappa shape index (κ1) is 18.5. The molecule has 0 bridgehead atoms. The van der Waals surface area contributed by atoms with E-state index in [4.69, 9.17) is 9.84 Å². The lowest BCUT2D eigenvalue weighted by molar-refractivity contribution is -0.139. The number of rotatable bonds is 5. The van der Waals surface area contributed by atoms with Crippen molar-refractivity contribution in [2.24, 2.45) is 0 Å². The molecule has 7 nitrogen and oxygen atoms in total. The smallest absolute Gasteiger partial charge is 0.408 e. The van der Waals surface area contributed by atoms with Crippen LogP contribution in [-0.4, -0.2) is 41.3 Å². The fourth-order valence-electron chi connectivity index (χ4n) is 1.65. The number of carbonyl (C=O) groups is 3. The van der Waals surface area contributed by atoms with Crippen LogP contribution < -0.4 is 10.6 Å². The Bertz CT molecular complexity index is 575. The second kappa shape index (κ2) is 7.62. The van der Waals surface area contributed by atoms with Crippen LogP contribution in [0.3, 0.4) is 0 Å². The Balaban J connectivity index is 2.59. The summed E-state index contributed by atoms with van der Waals surface area (Å²) in [6.45, 7) is 6.65. The highest BCUT2D eigenvalue weighted by molar-refractivity contribution is 5.94. The van der Waals surface area contributed by atoms with E-state index in [1.807, 2.05) is 6.92 Å². The van der Waals surface area contributed by atoms with Crippen molar-refractivity contribution in [3.8, 4) is 0 Å². The molecule has 0 fully saturated rings. The Morgan fingerprint density at radius 2 is 1.74 bits per heavy atom. The fourth-order valence-corrected chi connectivity index (χ4v) is 1.65. The quantitative estimate of drug-likeness (QED) is 0.765. The molecule has 0 aliphatic heterocycles. The van der Waals surface area contributed by atoms with Gasteiger partial charge in [-0.3, -0.25) is 4.79 Å². The Morgan fingerprint density at radius 1 is 1.17 bits per heavy atom. The maximum absolute atomic E-state index is 11.9. The van der Waals surface area contributed by atoms with E-state index in [-0.39, 0.29) is 6.54 Å². The van der Waals surface area contributed by atoms with Crippen molar-refractivity contribution in [2.75, 3.05) is 6.54 Å². The summed E-state index contributed by atoms with van der Waals surface area (Å²) in [5, 5.41) is 13.8. The van der Waals surface area contributed by atoms with Gasteiger partial charge in [-0.25, -0.2) is 9.59 Å². The zero-order chi connectivity index (χ0) is 17.6. The van der Waals surface area contributed by atoms with Gasteiger partial charge in [-0.2, -0.15) is 0 Å². The molecule has 1 aromatic rings. The third-order valence-corrected chi connectivity index (χ3v) is 2.77. The van der Waals surface area contributed by atoms with Gasteiger partial charge in [0.15, 0.2) is 0 Å². The maximum Gasteiger partial charge on any atom is 0.408 e. The number of amides is 2. The summed E-state index contributed by atoms with van der Waals surface area (Å²) in [7, 11) is 0. The van der Waals surface area contributed by atoms with Gasteiger partial charge in [0.05, 0.1) is 0 Å². The van der Waals surface area contributed by atoms with Crippen molar-refractivity contribution in [1.29, 1.82) is 0 Å². The second-order valence-corrected chi connectivity index (χ2v) is 6.11. The molecule has 1 aromatic carbocycles. The number of carbonyl (C=O) groups excluding carboxylic acids is 2. The molecule has 3 N–H and O–H groups in total. The Hall–Kier alpha value is -2.57. The molecule has 2 amide bonds. The Morgan fingerprint density at radius 3 is 2.22 bits per heavy atom. The van der Waals surface area contributed by atoms with Crippen molar-refractivity contribution in [3.05, 3.63) is 35.4 Å². The van der Waals surface area contributed by atoms with Gasteiger partial charge in [-0.05, 0) is 39.8 Å². The monoisotopic (exact) mass is 322 g/mol. The number of hydrogen-bond acceptors (Lipinski definition) is 4. The van der Waals surface area contributed by atoms with E-state index in [9.17, 15) is 14.4 Å². The summed E-state index contributed by atoms with van der Waals surface area (Å²) >= 11 is 0. The summed E-state index contributed by atoms with van der Waals surface area (Å²) < 4.78 is 5.00. The second-order valence-electron chi connectivity index (χ2n) is 6.11. The van der Waals surface area contributed by atoms with Crippen LogP contribution in [0.1, 0.15) is 36.7 Å². The summed E-state index contributed by atoms with van der Waals surface area (Å²) in [5.41, 5.74) is 0.687. The number of alkyl carbamates (subject to hydrolysis) is 1. The lowest BCUT2D eigenvalue weighted by Crippen LogP contribution is -2.49. The number of benzene rings is 1. The van der Waals surface area contributed by atoms with Crippen molar-refractivity contribution in [1.82, 2.24) is 10.6 Å². The largest absolute Gasteiger partial charge is 0.480 e. The Kier molecular flexibility index (Phi) is 6.12. The van der Waals surface area contributed by atoms with Crippen LogP contribution in [0.15, 0.2) is 24.3 Å². The number of nitrogens with one attached hydrogen (secondary N) is 2. The van der Waals surface area contributed by atoms with Gasteiger partial charge < -0.3 is 20.5 Å². The molecule has 0 saturated heterocycles. The normalized spacial score (nSPS) is 12.2. The van der Waals surface area contributed by atoms with Gasteiger partial charge >= 0.3 is 12.1 Å². The zero-order valence-electron chi connectivity index (χ0n) is 13.7. The van der Waals surface area contributed by atoms with Crippen LogP contribution in [0.4, 0.5) is 4.79 Å². The van der Waals surface area contributed by atoms with Crippen molar-refractivity contribution in [3.63, 3.8) is 0 Å². The number of aryl methyl sites for hydroxylation is 1. The van der Waals surface area contributed by atoms with E-state index in [2.05, 4.69) is 10.6 Å². The third kappa shape index (κ3) is 6.82. The van der Waals surface area contributed by atoms with Crippen LogP contribution in [0.2, 0.25) is 0 Å². The number of hydrogen-bond donors (Lipinski definition) is 3. The predicted molar refractivity (Wildman–Crippen MR) is 84.3 cm³/mol. The molecule has 1 atom stereocenters. The molecule has 0 aliphatic rings. The average molecular weight is 322 g/mol. The number of carboxylic acid groups (broad SMARTS) is 1. The van der Waals surface area contributed by atoms with Gasteiger partial charge in [-0.1, -0.05) is 17.7 Å². The van der Waals surface area contributed by atoms with Crippen LogP contribution >= 0.6 is 0 Å². The van der Waals surface area contributed by atoms with Crippen molar-refractivity contribution >= 4 is 18.0 Å². The van der Waals surface area contributed by atoms with Gasteiger partial charge in [-0.15, -0.1) is 0 Å². The molecular formula is C16H22N2O5. The first-order valence-electron chi connectivity index (χ1n) is 7.15. The molecule has 23 heavy (non-hydrogen) atoms. The zero-order valence-corrected chi connectivity index (χ0v) is 13.7. The van der Waals surface area contributed by atoms with Crippen LogP contribution in [0.25, 0.3) is 0 Å². The number of aliphatic carboxylic acids is 1. The minimum Gasteiger partial charge on any atom is -0.480 e. The molecule has 0 aliphatic carbocycles. The van der Waals surface area contributed by atoms with Gasteiger partial charge in [0.1, 0.15) is 11.6 Å². The van der Waals surface area contributed by atoms with Gasteiger partial charge in [0.2, 0.25) is 0 Å². The fraction of sp³-hybridized carbons (Fsp3) is 0.438. The molecular weight excluding hydrogens is 300 g/mol. The number of carboxylic acids is 1. The van der Waals surface area contributed by atoms with Crippen molar-refractivity contribution < 1.29 is 24.2 Å². The van der Waals surface area contributed by atoms with Gasteiger partial charge in [0, 0.05) is 12.1 Å². The summed E-state index contributed by atoms with van der Waals surface area (Å²) in [6.07, 6.45) is -0.852. The highest BCUT2D eigenvalue weighted by Gasteiger charge is 2.24. The summed E-state index contributed by atoms with van der Waals surface area (Å²) in [6, 6.07) is 5.56. The number of ether oxygens (including phenoxy) is 1. The highest BCUT2D eigenvalue weighted by Crippen LogP contribution is 2.07.